The number of nitrogens with zero attached hydrogens (tertiary/aromatic N) is 1. The van der Waals surface area contributed by atoms with Gasteiger partial charge in [-0.15, -0.1) is 0 Å². The van der Waals surface area contributed by atoms with E-state index in [2.05, 4.69) is 4.98 Å². The Morgan fingerprint density at radius 1 is 1.28 bits per heavy atom. The van der Waals surface area contributed by atoms with Gasteiger partial charge in [0, 0.05) is 23.2 Å². The molecular formula is C13H13NO3S. The Bertz CT molecular complexity index is 545. The third kappa shape index (κ3) is 3.29. The van der Waals surface area contributed by atoms with Crippen LogP contribution in [0.4, 0.5) is 0 Å². The summed E-state index contributed by atoms with van der Waals surface area (Å²) in [6, 6.07) is 11.2. The summed E-state index contributed by atoms with van der Waals surface area (Å²) in [7, 11) is 0. The molecule has 0 bridgehead atoms. The third-order valence-electron chi connectivity index (χ3n) is 2.29. The van der Waals surface area contributed by atoms with E-state index >= 15 is 0 Å². The van der Waals surface area contributed by atoms with Gasteiger partial charge in [0.15, 0.2) is 0 Å². The van der Waals surface area contributed by atoms with Gasteiger partial charge >= 0.3 is 0 Å². The smallest absolute Gasteiger partial charge is 0.210 e. The van der Waals surface area contributed by atoms with Crippen molar-refractivity contribution in [1.82, 2.24) is 4.98 Å². The first-order valence-electron chi connectivity index (χ1n) is 5.61. The Hall–Kier alpha value is -1.43. The van der Waals surface area contributed by atoms with Gasteiger partial charge in [-0.2, -0.15) is 4.33 Å². The van der Waals surface area contributed by atoms with Gasteiger partial charge in [0.2, 0.25) is 5.78 Å². The van der Waals surface area contributed by atoms with E-state index in [1.165, 1.54) is 0 Å². The lowest BCUT2D eigenvalue weighted by Crippen LogP contribution is -2.10. The summed E-state index contributed by atoms with van der Waals surface area (Å²) in [5.41, 5.74) is 1.19. The highest BCUT2D eigenvalue weighted by Crippen LogP contribution is 2.12. The molecule has 4 nitrogen and oxygen atoms in total. The van der Waals surface area contributed by atoms with Gasteiger partial charge in [0.1, 0.15) is 12.3 Å². The Labute approximate surface area is 109 Å². The van der Waals surface area contributed by atoms with Crippen LogP contribution in [0, 0.1) is 0 Å². The van der Waals surface area contributed by atoms with Crippen LogP contribution in [-0.2, 0) is 9.22 Å². The van der Waals surface area contributed by atoms with E-state index in [1.807, 2.05) is 37.3 Å². The third-order valence-corrected chi connectivity index (χ3v) is 2.72. The Balaban J connectivity index is 2.04. The minimum absolute atomic E-state index is 0.127. The Kier molecular flexibility index (Phi) is 4.69. The first kappa shape index (κ1) is 13.0. The molecule has 1 aromatic carbocycles. The molecule has 0 saturated carbocycles. The monoisotopic (exact) mass is 263 g/mol. The summed E-state index contributed by atoms with van der Waals surface area (Å²) in [4.78, 5) is 20.8. The number of fused-ring (bicyclic) bond motifs is 1. The molecule has 0 saturated heterocycles. The minimum Gasteiger partial charge on any atom is -0.290 e. The number of hydrogen-bond donors (Lipinski definition) is 0. The highest BCUT2D eigenvalue weighted by molar-refractivity contribution is 7.94. The van der Waals surface area contributed by atoms with Crippen LogP contribution in [0.2, 0.25) is 0 Å². The molecule has 0 amide bonds. The molecule has 0 aliphatic heterocycles. The van der Waals surface area contributed by atoms with Gasteiger partial charge in [-0.05, 0) is 12.1 Å². The van der Waals surface area contributed by atoms with Crippen molar-refractivity contribution in [2.24, 2.45) is 0 Å². The van der Waals surface area contributed by atoms with E-state index in [9.17, 15) is 4.79 Å². The number of Topliss-reactive ketones (excluding diaryl/α,β-unsaturated/α-hetero) is 1. The molecule has 0 spiro atoms. The topological polar surface area (TPSA) is 48.4 Å². The number of carbonyl (C=O) groups excluding carboxylic acids is 1. The molecule has 2 aromatic rings. The SMILES string of the molecule is CCSOOCC(=O)c1ccc2ccccc2n1. The van der Waals surface area contributed by atoms with Crippen molar-refractivity contribution in [2.45, 2.75) is 6.92 Å². The van der Waals surface area contributed by atoms with Crippen LogP contribution >= 0.6 is 12.0 Å². The van der Waals surface area contributed by atoms with Crippen molar-refractivity contribution < 1.29 is 14.0 Å². The lowest BCUT2D eigenvalue weighted by molar-refractivity contribution is -0.178. The largest absolute Gasteiger partial charge is 0.290 e. The van der Waals surface area contributed by atoms with Gasteiger partial charge < -0.3 is 0 Å². The fraction of sp³-hybridized carbons (Fsp3) is 0.231. The van der Waals surface area contributed by atoms with Crippen molar-refractivity contribution in [3.8, 4) is 0 Å². The zero-order valence-corrected chi connectivity index (χ0v) is 10.8. The molecule has 1 aromatic heterocycles. The zero-order valence-electron chi connectivity index (χ0n) is 9.96. The summed E-state index contributed by atoms with van der Waals surface area (Å²) in [5, 5.41) is 1.01. The fourth-order valence-corrected chi connectivity index (χ4v) is 1.67. The van der Waals surface area contributed by atoms with Gasteiger partial charge in [-0.3, -0.25) is 4.79 Å². The quantitative estimate of drug-likeness (QED) is 0.263. The second-order valence-electron chi connectivity index (χ2n) is 3.55. The maximum absolute atomic E-state index is 11.8. The average Bonchev–Trinajstić information content (AvgIpc) is 2.43. The van der Waals surface area contributed by atoms with Gasteiger partial charge in [-0.1, -0.05) is 31.2 Å². The molecular weight excluding hydrogens is 250 g/mol. The van der Waals surface area contributed by atoms with Crippen LogP contribution in [0.15, 0.2) is 36.4 Å². The molecule has 0 unspecified atom stereocenters. The molecule has 0 aliphatic carbocycles. The molecule has 0 N–H and O–H groups in total. The van der Waals surface area contributed by atoms with Crippen molar-refractivity contribution in [1.29, 1.82) is 0 Å². The second-order valence-corrected chi connectivity index (χ2v) is 4.50. The van der Waals surface area contributed by atoms with Crippen LogP contribution in [0.25, 0.3) is 10.9 Å². The van der Waals surface area contributed by atoms with Gasteiger partial charge in [0.05, 0.1) is 5.52 Å². The predicted octanol–water partition coefficient (Wildman–Crippen LogP) is 3.03. The number of para-hydroxylation sites is 1. The number of pyridine rings is 1. The lowest BCUT2D eigenvalue weighted by atomic mass is 10.2. The summed E-state index contributed by atoms with van der Waals surface area (Å²) < 4.78 is 4.73. The van der Waals surface area contributed by atoms with E-state index < -0.39 is 0 Å². The average molecular weight is 263 g/mol. The van der Waals surface area contributed by atoms with Crippen molar-refractivity contribution in [3.05, 3.63) is 42.1 Å². The van der Waals surface area contributed by atoms with Crippen molar-refractivity contribution >= 4 is 28.7 Å². The molecule has 1 heterocycles. The first-order valence-corrected chi connectivity index (χ1v) is 6.52. The van der Waals surface area contributed by atoms with Crippen LogP contribution in [0.3, 0.4) is 0 Å². The zero-order chi connectivity index (χ0) is 12.8. The number of benzene rings is 1. The molecule has 0 atom stereocenters. The molecule has 18 heavy (non-hydrogen) atoms. The van der Waals surface area contributed by atoms with E-state index in [0.717, 1.165) is 28.7 Å². The van der Waals surface area contributed by atoms with E-state index in [0.29, 0.717) is 5.69 Å². The van der Waals surface area contributed by atoms with E-state index in [-0.39, 0.29) is 12.4 Å². The maximum Gasteiger partial charge on any atom is 0.210 e. The van der Waals surface area contributed by atoms with E-state index in [1.54, 1.807) is 6.07 Å². The summed E-state index contributed by atoms with van der Waals surface area (Å²) in [6.07, 6.45) is 0. The predicted molar refractivity (Wildman–Crippen MR) is 71.2 cm³/mol. The first-order chi connectivity index (χ1) is 8.81. The molecule has 0 fully saturated rings. The molecule has 2 rings (SSSR count). The minimum atomic E-state index is -0.197. The summed E-state index contributed by atoms with van der Waals surface area (Å²) in [6.45, 7) is 1.80. The Morgan fingerprint density at radius 3 is 2.94 bits per heavy atom. The Morgan fingerprint density at radius 2 is 2.11 bits per heavy atom. The maximum atomic E-state index is 11.8. The van der Waals surface area contributed by atoms with Crippen LogP contribution in [0.5, 0.6) is 0 Å². The molecule has 5 heteroatoms. The number of ketones is 1. The lowest BCUT2D eigenvalue weighted by Gasteiger charge is -2.02. The van der Waals surface area contributed by atoms with Crippen LogP contribution in [-0.4, -0.2) is 23.1 Å². The number of aromatic nitrogens is 1. The fourth-order valence-electron chi connectivity index (χ4n) is 1.45. The van der Waals surface area contributed by atoms with Crippen molar-refractivity contribution in [2.75, 3.05) is 12.4 Å². The molecule has 0 aliphatic rings. The summed E-state index contributed by atoms with van der Waals surface area (Å²) in [5.74, 6) is 0.569. The standard InChI is InChI=1S/C13H13NO3S/c1-2-18-17-16-9-13(15)12-8-7-10-5-3-4-6-11(10)14-12/h3-8H,2,9H2,1H3. The van der Waals surface area contributed by atoms with Crippen LogP contribution in [0.1, 0.15) is 17.4 Å². The second kappa shape index (κ2) is 6.49. The van der Waals surface area contributed by atoms with Crippen LogP contribution < -0.4 is 0 Å². The molecule has 94 valence electrons. The highest BCUT2D eigenvalue weighted by Gasteiger charge is 2.09. The van der Waals surface area contributed by atoms with Gasteiger partial charge in [-0.25, -0.2) is 9.87 Å². The highest BCUT2D eigenvalue weighted by atomic mass is 32.2. The normalized spacial score (nSPS) is 10.7. The molecule has 0 radical (unpaired) electrons. The summed E-state index contributed by atoms with van der Waals surface area (Å²) >= 11 is 1.15. The van der Waals surface area contributed by atoms with E-state index in [4.69, 9.17) is 9.22 Å². The number of hydrogen-bond acceptors (Lipinski definition) is 5. The van der Waals surface area contributed by atoms with Gasteiger partial charge in [0.25, 0.3) is 0 Å². The van der Waals surface area contributed by atoms with Crippen molar-refractivity contribution in [3.63, 3.8) is 0 Å². The number of rotatable bonds is 6. The number of carbonyl (C=O) groups is 1.